The first-order chi connectivity index (χ1) is 8.81. The Morgan fingerprint density at radius 2 is 1.61 bits per heavy atom. The minimum atomic E-state index is 0.534. The molecule has 1 aromatic carbocycles. The van der Waals surface area contributed by atoms with Gasteiger partial charge in [-0.05, 0) is 17.7 Å². The number of anilines is 1. The van der Waals surface area contributed by atoms with E-state index in [-0.39, 0.29) is 0 Å². The Kier molecular flexibility index (Phi) is 3.90. The fourth-order valence-electron chi connectivity index (χ4n) is 1.48. The van der Waals surface area contributed by atoms with E-state index in [1.165, 1.54) is 12.7 Å². The van der Waals surface area contributed by atoms with Crippen molar-refractivity contribution in [3.8, 4) is 11.5 Å². The van der Waals surface area contributed by atoms with Crippen LogP contribution in [0.25, 0.3) is 0 Å². The van der Waals surface area contributed by atoms with Crippen LogP contribution in [0.1, 0.15) is 5.56 Å². The largest absolute Gasteiger partial charge is 0.497 e. The van der Waals surface area contributed by atoms with Gasteiger partial charge >= 0.3 is 0 Å². The summed E-state index contributed by atoms with van der Waals surface area (Å²) in [7, 11) is 3.25. The van der Waals surface area contributed by atoms with Crippen molar-refractivity contribution in [2.75, 3.05) is 19.5 Å². The molecule has 0 spiro atoms. The van der Waals surface area contributed by atoms with E-state index in [0.717, 1.165) is 17.1 Å². The minimum absolute atomic E-state index is 0.534. The smallest absolute Gasteiger partial charge is 0.225 e. The molecule has 0 aliphatic rings. The summed E-state index contributed by atoms with van der Waals surface area (Å²) in [5.74, 6) is 2.04. The molecule has 1 N–H and O–H groups in total. The van der Waals surface area contributed by atoms with Crippen LogP contribution in [-0.4, -0.2) is 29.2 Å². The van der Waals surface area contributed by atoms with E-state index in [2.05, 4.69) is 20.3 Å². The van der Waals surface area contributed by atoms with E-state index in [0.29, 0.717) is 12.5 Å². The SMILES string of the molecule is COc1cc(CNc2ncncn2)cc(OC)c1. The van der Waals surface area contributed by atoms with Crippen molar-refractivity contribution in [1.29, 1.82) is 0 Å². The normalized spacial score (nSPS) is 9.89. The predicted octanol–water partition coefficient (Wildman–Crippen LogP) is 1.50. The van der Waals surface area contributed by atoms with E-state index in [4.69, 9.17) is 9.47 Å². The standard InChI is InChI=1S/C12H14N4O2/c1-17-10-3-9(4-11(5-10)18-2)6-14-12-15-7-13-8-16-12/h3-5,7-8H,6H2,1-2H3,(H,13,14,15,16). The molecule has 0 amide bonds. The van der Waals surface area contributed by atoms with E-state index >= 15 is 0 Å². The van der Waals surface area contributed by atoms with Crippen molar-refractivity contribution < 1.29 is 9.47 Å². The van der Waals surface area contributed by atoms with Crippen molar-refractivity contribution in [3.05, 3.63) is 36.4 Å². The van der Waals surface area contributed by atoms with Crippen LogP contribution in [0.3, 0.4) is 0 Å². The monoisotopic (exact) mass is 246 g/mol. The Labute approximate surface area is 105 Å². The fourth-order valence-corrected chi connectivity index (χ4v) is 1.48. The van der Waals surface area contributed by atoms with Crippen molar-refractivity contribution in [3.63, 3.8) is 0 Å². The Bertz CT molecular complexity index is 482. The third-order valence-electron chi connectivity index (χ3n) is 2.36. The van der Waals surface area contributed by atoms with Gasteiger partial charge in [-0.15, -0.1) is 0 Å². The molecule has 0 saturated heterocycles. The Balaban J connectivity index is 2.09. The molecule has 0 saturated carbocycles. The van der Waals surface area contributed by atoms with Crippen LogP contribution >= 0.6 is 0 Å². The number of aromatic nitrogens is 3. The number of methoxy groups -OCH3 is 2. The topological polar surface area (TPSA) is 69.2 Å². The van der Waals surface area contributed by atoms with Crippen LogP contribution < -0.4 is 14.8 Å². The first kappa shape index (κ1) is 12.1. The number of hydrogen-bond acceptors (Lipinski definition) is 6. The van der Waals surface area contributed by atoms with Gasteiger partial charge in [-0.1, -0.05) is 0 Å². The summed E-state index contributed by atoms with van der Waals surface area (Å²) >= 11 is 0. The molecule has 18 heavy (non-hydrogen) atoms. The molecule has 6 heteroatoms. The Hall–Kier alpha value is -2.37. The molecule has 0 aliphatic carbocycles. The fraction of sp³-hybridized carbons (Fsp3) is 0.250. The van der Waals surface area contributed by atoms with Gasteiger partial charge in [-0.3, -0.25) is 0 Å². The van der Waals surface area contributed by atoms with Gasteiger partial charge in [0.1, 0.15) is 24.2 Å². The van der Waals surface area contributed by atoms with Crippen LogP contribution in [0.2, 0.25) is 0 Å². The highest BCUT2D eigenvalue weighted by Gasteiger charge is 2.02. The van der Waals surface area contributed by atoms with Gasteiger partial charge < -0.3 is 14.8 Å². The van der Waals surface area contributed by atoms with Gasteiger partial charge in [-0.25, -0.2) is 15.0 Å². The number of nitrogens with zero attached hydrogens (tertiary/aromatic N) is 3. The van der Waals surface area contributed by atoms with Gasteiger partial charge in [0.25, 0.3) is 0 Å². The number of rotatable bonds is 5. The summed E-state index contributed by atoms with van der Waals surface area (Å²) in [6.45, 7) is 0.581. The van der Waals surface area contributed by atoms with Crippen molar-refractivity contribution >= 4 is 5.95 Å². The van der Waals surface area contributed by atoms with Gasteiger partial charge in [0.05, 0.1) is 14.2 Å². The zero-order valence-electron chi connectivity index (χ0n) is 10.3. The molecule has 1 aromatic heterocycles. The summed E-state index contributed by atoms with van der Waals surface area (Å²) in [4.78, 5) is 11.7. The van der Waals surface area contributed by atoms with E-state index in [1.807, 2.05) is 18.2 Å². The number of ether oxygens (including phenoxy) is 2. The lowest BCUT2D eigenvalue weighted by Crippen LogP contribution is -2.04. The summed E-state index contributed by atoms with van der Waals surface area (Å²) in [6.07, 6.45) is 2.89. The van der Waals surface area contributed by atoms with E-state index < -0.39 is 0 Å². The summed E-state index contributed by atoms with van der Waals surface area (Å²) in [5.41, 5.74) is 1.02. The molecule has 0 bridgehead atoms. The third-order valence-corrected chi connectivity index (χ3v) is 2.36. The second kappa shape index (κ2) is 5.81. The molecule has 1 heterocycles. The summed E-state index contributed by atoms with van der Waals surface area (Å²) in [5, 5.41) is 3.09. The molecule has 0 unspecified atom stereocenters. The molecule has 0 aliphatic heterocycles. The van der Waals surface area contributed by atoms with Gasteiger partial charge in [-0.2, -0.15) is 0 Å². The Morgan fingerprint density at radius 1 is 1.00 bits per heavy atom. The number of nitrogens with one attached hydrogen (secondary N) is 1. The highest BCUT2D eigenvalue weighted by Crippen LogP contribution is 2.22. The molecule has 94 valence electrons. The molecule has 0 fully saturated rings. The molecule has 6 nitrogen and oxygen atoms in total. The minimum Gasteiger partial charge on any atom is -0.497 e. The maximum absolute atomic E-state index is 5.20. The van der Waals surface area contributed by atoms with Crippen LogP contribution in [0.5, 0.6) is 11.5 Å². The lowest BCUT2D eigenvalue weighted by molar-refractivity contribution is 0.393. The average molecular weight is 246 g/mol. The molecule has 2 aromatic rings. The van der Waals surface area contributed by atoms with Gasteiger partial charge in [0.15, 0.2) is 0 Å². The maximum Gasteiger partial charge on any atom is 0.225 e. The summed E-state index contributed by atoms with van der Waals surface area (Å²) < 4.78 is 10.4. The quantitative estimate of drug-likeness (QED) is 0.862. The average Bonchev–Trinajstić information content (AvgIpc) is 2.45. The Morgan fingerprint density at radius 3 is 2.17 bits per heavy atom. The first-order valence-electron chi connectivity index (χ1n) is 5.39. The van der Waals surface area contributed by atoms with Crippen LogP contribution in [-0.2, 0) is 6.54 Å². The zero-order valence-corrected chi connectivity index (χ0v) is 10.3. The second-order valence-electron chi connectivity index (χ2n) is 3.54. The van der Waals surface area contributed by atoms with Gasteiger partial charge in [0, 0.05) is 12.6 Å². The molecule has 0 radical (unpaired) electrons. The molecule has 2 rings (SSSR count). The number of benzene rings is 1. The highest BCUT2D eigenvalue weighted by atomic mass is 16.5. The van der Waals surface area contributed by atoms with Crippen molar-refractivity contribution in [2.45, 2.75) is 6.54 Å². The zero-order chi connectivity index (χ0) is 12.8. The molecular formula is C12H14N4O2. The molecular weight excluding hydrogens is 232 g/mol. The predicted molar refractivity (Wildman–Crippen MR) is 66.7 cm³/mol. The second-order valence-corrected chi connectivity index (χ2v) is 3.54. The van der Waals surface area contributed by atoms with Crippen LogP contribution in [0, 0.1) is 0 Å². The highest BCUT2D eigenvalue weighted by molar-refractivity contribution is 5.39. The van der Waals surface area contributed by atoms with E-state index in [1.54, 1.807) is 14.2 Å². The van der Waals surface area contributed by atoms with Crippen molar-refractivity contribution in [2.24, 2.45) is 0 Å². The molecule has 0 atom stereocenters. The third kappa shape index (κ3) is 3.07. The first-order valence-corrected chi connectivity index (χ1v) is 5.39. The lowest BCUT2D eigenvalue weighted by atomic mass is 10.2. The van der Waals surface area contributed by atoms with Crippen LogP contribution in [0.4, 0.5) is 5.95 Å². The maximum atomic E-state index is 5.20. The van der Waals surface area contributed by atoms with Gasteiger partial charge in [0.2, 0.25) is 5.95 Å². The number of hydrogen-bond donors (Lipinski definition) is 1. The van der Waals surface area contributed by atoms with E-state index in [9.17, 15) is 0 Å². The van der Waals surface area contributed by atoms with Crippen molar-refractivity contribution in [1.82, 2.24) is 15.0 Å². The van der Waals surface area contributed by atoms with Crippen LogP contribution in [0.15, 0.2) is 30.9 Å². The lowest BCUT2D eigenvalue weighted by Gasteiger charge is -2.09. The summed E-state index contributed by atoms with van der Waals surface area (Å²) in [6, 6.07) is 5.68.